The molecule has 1 heterocycles. The number of primary amides is 1. The topological polar surface area (TPSA) is 106 Å². The van der Waals surface area contributed by atoms with Crippen LogP contribution in [0.1, 0.15) is 28.4 Å². The second kappa shape index (κ2) is 8.65. The molecule has 6 heteroatoms. The van der Waals surface area contributed by atoms with Crippen molar-refractivity contribution in [2.24, 2.45) is 5.73 Å². The van der Waals surface area contributed by atoms with Gasteiger partial charge in [-0.1, -0.05) is 36.4 Å². The first-order valence-corrected chi connectivity index (χ1v) is 7.72. The number of aliphatic hydroxyl groups excluding tert-OH is 1. The summed E-state index contributed by atoms with van der Waals surface area (Å²) in [7, 11) is 0. The molecule has 1 aromatic heterocycles. The Morgan fingerprint density at radius 2 is 1.76 bits per heavy atom. The van der Waals surface area contributed by atoms with Gasteiger partial charge in [0, 0.05) is 11.1 Å². The van der Waals surface area contributed by atoms with Crippen LogP contribution in [0.5, 0.6) is 0 Å². The van der Waals surface area contributed by atoms with E-state index in [2.05, 4.69) is 5.32 Å². The highest BCUT2D eigenvalue weighted by atomic mass is 16.3. The van der Waals surface area contributed by atoms with Crippen LogP contribution in [0.4, 0.5) is 0 Å². The van der Waals surface area contributed by atoms with Gasteiger partial charge in [-0.25, -0.2) is 0 Å². The average molecular weight is 340 g/mol. The molecule has 0 spiro atoms. The Morgan fingerprint density at radius 3 is 2.28 bits per heavy atom. The predicted octanol–water partition coefficient (Wildman–Crippen LogP) is 1.97. The molecule has 0 aliphatic carbocycles. The Labute approximate surface area is 145 Å². The zero-order valence-electron chi connectivity index (χ0n) is 13.8. The van der Waals surface area contributed by atoms with Gasteiger partial charge in [0.05, 0.1) is 18.6 Å². The molecular formula is C19H20N2O4. The van der Waals surface area contributed by atoms with E-state index in [0.29, 0.717) is 5.56 Å². The van der Waals surface area contributed by atoms with Gasteiger partial charge in [-0.05, 0) is 30.7 Å². The first-order valence-electron chi connectivity index (χ1n) is 7.72. The fourth-order valence-corrected chi connectivity index (χ4v) is 2.10. The predicted molar refractivity (Wildman–Crippen MR) is 95.3 cm³/mol. The van der Waals surface area contributed by atoms with Crippen LogP contribution in [-0.4, -0.2) is 29.1 Å². The minimum absolute atomic E-state index is 0.373. The second-order valence-electron chi connectivity index (χ2n) is 5.49. The van der Waals surface area contributed by atoms with Crippen molar-refractivity contribution in [1.82, 2.24) is 5.32 Å². The summed E-state index contributed by atoms with van der Waals surface area (Å²) in [6.07, 6.45) is 9.73. The lowest BCUT2D eigenvalue weighted by Gasteiger charge is -2.18. The molecule has 2 aromatic rings. The molecule has 130 valence electrons. The van der Waals surface area contributed by atoms with E-state index >= 15 is 0 Å². The molecule has 6 nitrogen and oxygen atoms in total. The molecule has 2 rings (SSSR count). The van der Waals surface area contributed by atoms with Gasteiger partial charge in [0.2, 0.25) is 5.91 Å². The molecule has 0 fully saturated rings. The maximum absolute atomic E-state index is 12.1. The van der Waals surface area contributed by atoms with Crippen molar-refractivity contribution in [2.45, 2.75) is 19.1 Å². The third-order valence-corrected chi connectivity index (χ3v) is 3.48. The Bertz CT molecular complexity index is 759. The first-order chi connectivity index (χ1) is 12.0. The van der Waals surface area contributed by atoms with Crippen molar-refractivity contribution in [3.05, 3.63) is 71.7 Å². The zero-order chi connectivity index (χ0) is 18.2. The SMILES string of the molecule is CC(O)C(NC(=O)c1ccc(/C=C/C=C/c2ccoc2)cc1)C(N)=O. The molecule has 0 aliphatic heterocycles. The fourth-order valence-electron chi connectivity index (χ4n) is 2.10. The molecule has 2 atom stereocenters. The van der Waals surface area contributed by atoms with Gasteiger partial charge in [-0.3, -0.25) is 9.59 Å². The number of carbonyl (C=O) groups is 2. The van der Waals surface area contributed by atoms with Crippen LogP contribution < -0.4 is 11.1 Å². The summed E-state index contributed by atoms with van der Waals surface area (Å²) in [6, 6.07) is 7.55. The number of amides is 2. The average Bonchev–Trinajstić information content (AvgIpc) is 3.09. The zero-order valence-corrected chi connectivity index (χ0v) is 13.8. The van der Waals surface area contributed by atoms with Gasteiger partial charge < -0.3 is 20.6 Å². The second-order valence-corrected chi connectivity index (χ2v) is 5.49. The Balaban J connectivity index is 1.96. The number of allylic oxidation sites excluding steroid dienone is 2. The Morgan fingerprint density at radius 1 is 1.12 bits per heavy atom. The standard InChI is InChI=1S/C19H20N2O4/c1-13(22)17(18(20)23)21-19(24)16-8-6-14(7-9-16)4-2-3-5-15-10-11-25-12-15/h2-13,17,22H,1H3,(H2,20,23)(H,21,24)/b4-2+,5-3+. The summed E-state index contributed by atoms with van der Waals surface area (Å²) in [5.74, 6) is -1.26. The van der Waals surface area contributed by atoms with E-state index in [1.54, 1.807) is 36.8 Å². The van der Waals surface area contributed by atoms with Crippen molar-refractivity contribution in [1.29, 1.82) is 0 Å². The summed E-state index contributed by atoms with van der Waals surface area (Å²) >= 11 is 0. The van der Waals surface area contributed by atoms with Crippen LogP contribution in [0.2, 0.25) is 0 Å². The molecule has 25 heavy (non-hydrogen) atoms. The fraction of sp³-hybridized carbons (Fsp3) is 0.158. The Hall–Kier alpha value is -3.12. The van der Waals surface area contributed by atoms with Gasteiger partial charge in [-0.2, -0.15) is 0 Å². The van der Waals surface area contributed by atoms with Gasteiger partial charge in [-0.15, -0.1) is 0 Å². The van der Waals surface area contributed by atoms with E-state index in [9.17, 15) is 14.7 Å². The number of hydrogen-bond donors (Lipinski definition) is 3. The molecule has 0 bridgehead atoms. The van der Waals surface area contributed by atoms with Crippen molar-refractivity contribution in [3.63, 3.8) is 0 Å². The number of nitrogens with one attached hydrogen (secondary N) is 1. The molecule has 0 saturated carbocycles. The van der Waals surface area contributed by atoms with Gasteiger partial charge in [0.15, 0.2) is 0 Å². The molecule has 2 amide bonds. The number of rotatable bonds is 7. The van der Waals surface area contributed by atoms with Crippen molar-refractivity contribution in [2.75, 3.05) is 0 Å². The van der Waals surface area contributed by atoms with Gasteiger partial charge >= 0.3 is 0 Å². The number of benzene rings is 1. The molecule has 1 aromatic carbocycles. The summed E-state index contributed by atoms with van der Waals surface area (Å²) in [6.45, 7) is 1.39. The molecule has 4 N–H and O–H groups in total. The van der Waals surface area contributed by atoms with Crippen molar-refractivity contribution >= 4 is 24.0 Å². The molecule has 0 aliphatic rings. The van der Waals surface area contributed by atoms with Gasteiger partial charge in [0.25, 0.3) is 5.91 Å². The molecular weight excluding hydrogens is 320 g/mol. The van der Waals surface area contributed by atoms with Gasteiger partial charge in [0.1, 0.15) is 6.04 Å². The summed E-state index contributed by atoms with van der Waals surface area (Å²) in [5, 5.41) is 11.9. The van der Waals surface area contributed by atoms with Crippen LogP contribution in [0.25, 0.3) is 12.2 Å². The number of aliphatic hydroxyl groups is 1. The lowest BCUT2D eigenvalue weighted by molar-refractivity contribution is -0.122. The maximum Gasteiger partial charge on any atom is 0.252 e. The van der Waals surface area contributed by atoms with Crippen LogP contribution in [0.3, 0.4) is 0 Å². The largest absolute Gasteiger partial charge is 0.472 e. The number of hydrogen-bond acceptors (Lipinski definition) is 4. The van der Waals surface area contributed by atoms with E-state index in [-0.39, 0.29) is 0 Å². The number of carbonyl (C=O) groups excluding carboxylic acids is 2. The monoisotopic (exact) mass is 340 g/mol. The lowest BCUT2D eigenvalue weighted by Crippen LogP contribution is -2.50. The van der Waals surface area contributed by atoms with Crippen LogP contribution in [0.15, 0.2) is 59.4 Å². The van der Waals surface area contributed by atoms with E-state index in [1.807, 2.05) is 30.4 Å². The van der Waals surface area contributed by atoms with E-state index in [0.717, 1.165) is 11.1 Å². The minimum Gasteiger partial charge on any atom is -0.472 e. The van der Waals surface area contributed by atoms with E-state index in [1.165, 1.54) is 6.92 Å². The van der Waals surface area contributed by atoms with Crippen molar-refractivity contribution < 1.29 is 19.1 Å². The minimum atomic E-state index is -1.12. The van der Waals surface area contributed by atoms with Crippen LogP contribution >= 0.6 is 0 Å². The normalized spacial score (nSPS) is 13.8. The third kappa shape index (κ3) is 5.47. The highest BCUT2D eigenvalue weighted by molar-refractivity contribution is 5.97. The van der Waals surface area contributed by atoms with Crippen LogP contribution in [0, 0.1) is 0 Å². The summed E-state index contributed by atoms with van der Waals surface area (Å²) in [4.78, 5) is 23.3. The number of nitrogens with two attached hydrogens (primary N) is 1. The van der Waals surface area contributed by atoms with Crippen LogP contribution in [-0.2, 0) is 4.79 Å². The summed E-state index contributed by atoms with van der Waals surface area (Å²) in [5.41, 5.74) is 7.41. The molecule has 0 radical (unpaired) electrons. The smallest absolute Gasteiger partial charge is 0.252 e. The quantitative estimate of drug-likeness (QED) is 0.670. The Kier molecular flexibility index (Phi) is 6.31. The highest BCUT2D eigenvalue weighted by Crippen LogP contribution is 2.08. The van der Waals surface area contributed by atoms with E-state index < -0.39 is 24.0 Å². The summed E-state index contributed by atoms with van der Waals surface area (Å²) < 4.78 is 4.96. The van der Waals surface area contributed by atoms with E-state index in [4.69, 9.17) is 10.2 Å². The molecule has 2 unspecified atom stereocenters. The number of furan rings is 1. The maximum atomic E-state index is 12.1. The highest BCUT2D eigenvalue weighted by Gasteiger charge is 2.23. The molecule has 0 saturated heterocycles. The first kappa shape index (κ1) is 18.2. The third-order valence-electron chi connectivity index (χ3n) is 3.48. The lowest BCUT2D eigenvalue weighted by atomic mass is 10.1. The van der Waals surface area contributed by atoms with Crippen molar-refractivity contribution in [3.8, 4) is 0 Å².